The van der Waals surface area contributed by atoms with Crippen molar-refractivity contribution in [3.63, 3.8) is 0 Å². The zero-order valence-corrected chi connectivity index (χ0v) is 17.1. The highest BCUT2D eigenvalue weighted by molar-refractivity contribution is 6.35. The average Bonchev–Trinajstić information content (AvgIpc) is 3.24. The topological polar surface area (TPSA) is 38.0 Å². The molecule has 4 rings (SSSR count). The number of nitrogens with zero attached hydrogens (tertiary/aromatic N) is 2. The Hall–Kier alpha value is -1.23. The second kappa shape index (κ2) is 7.31. The highest BCUT2D eigenvalue weighted by Gasteiger charge is 2.54. The van der Waals surface area contributed by atoms with E-state index >= 15 is 0 Å². The second-order valence-corrected chi connectivity index (χ2v) is 8.59. The van der Waals surface area contributed by atoms with Crippen molar-refractivity contribution in [3.05, 3.63) is 86.3 Å². The number of hydrogen-bond acceptors (Lipinski definition) is 2. The Kier molecular flexibility index (Phi) is 5.17. The largest absolute Gasteiger partial charge is 0.383 e. The number of halogens is 4. The van der Waals surface area contributed by atoms with E-state index < -0.39 is 5.60 Å². The predicted octanol–water partition coefficient (Wildman–Crippen LogP) is 6.19. The van der Waals surface area contributed by atoms with Gasteiger partial charge in [0.25, 0.3) is 0 Å². The number of imidazole rings is 1. The Morgan fingerprint density at radius 3 is 2.37 bits per heavy atom. The third kappa shape index (κ3) is 3.72. The summed E-state index contributed by atoms with van der Waals surface area (Å²) < 4.78 is 1.85. The van der Waals surface area contributed by atoms with Crippen LogP contribution in [0.5, 0.6) is 0 Å². The van der Waals surface area contributed by atoms with E-state index in [1.165, 1.54) is 0 Å². The minimum absolute atomic E-state index is 0.0442. The van der Waals surface area contributed by atoms with E-state index in [1.807, 2.05) is 22.9 Å². The molecule has 0 bridgehead atoms. The number of aliphatic hydroxyl groups is 1. The van der Waals surface area contributed by atoms with Crippen molar-refractivity contribution < 1.29 is 5.11 Å². The zero-order valence-electron chi connectivity index (χ0n) is 14.1. The molecule has 140 valence electrons. The van der Waals surface area contributed by atoms with Crippen molar-refractivity contribution in [1.29, 1.82) is 0 Å². The molecule has 1 N–H and O–H groups in total. The molecule has 1 heterocycles. The van der Waals surface area contributed by atoms with Gasteiger partial charge in [-0.25, -0.2) is 4.98 Å². The zero-order chi connectivity index (χ0) is 19.2. The van der Waals surface area contributed by atoms with Crippen molar-refractivity contribution in [2.24, 2.45) is 5.92 Å². The van der Waals surface area contributed by atoms with Gasteiger partial charge in [-0.15, -0.1) is 0 Å². The van der Waals surface area contributed by atoms with Gasteiger partial charge in [-0.1, -0.05) is 58.5 Å². The van der Waals surface area contributed by atoms with E-state index in [0.29, 0.717) is 32.2 Å². The molecule has 1 aliphatic rings. The maximum atomic E-state index is 11.8. The van der Waals surface area contributed by atoms with Crippen LogP contribution in [-0.2, 0) is 12.1 Å². The van der Waals surface area contributed by atoms with E-state index in [9.17, 15) is 5.11 Å². The van der Waals surface area contributed by atoms with Crippen LogP contribution in [-0.4, -0.2) is 14.7 Å². The fourth-order valence-electron chi connectivity index (χ4n) is 3.77. The summed E-state index contributed by atoms with van der Waals surface area (Å²) in [6.45, 7) is 0.334. The van der Waals surface area contributed by atoms with E-state index in [-0.39, 0.29) is 11.8 Å². The molecule has 3 atom stereocenters. The normalized spacial score (nSPS) is 21.1. The van der Waals surface area contributed by atoms with Crippen molar-refractivity contribution >= 4 is 46.4 Å². The molecular formula is C20H16Cl4N2O. The van der Waals surface area contributed by atoms with Gasteiger partial charge in [-0.05, 0) is 42.2 Å². The van der Waals surface area contributed by atoms with Gasteiger partial charge in [0.2, 0.25) is 0 Å². The maximum absolute atomic E-state index is 11.8. The molecule has 3 aromatic rings. The van der Waals surface area contributed by atoms with Crippen LogP contribution in [0.15, 0.2) is 55.1 Å². The predicted molar refractivity (Wildman–Crippen MR) is 110 cm³/mol. The van der Waals surface area contributed by atoms with Crippen molar-refractivity contribution in [2.45, 2.75) is 24.5 Å². The number of hydrogen-bond donors (Lipinski definition) is 1. The number of aromatic nitrogens is 2. The van der Waals surface area contributed by atoms with Crippen molar-refractivity contribution in [3.8, 4) is 0 Å². The highest BCUT2D eigenvalue weighted by atomic mass is 35.5. The quantitative estimate of drug-likeness (QED) is 0.512. The Morgan fingerprint density at radius 2 is 1.74 bits per heavy atom. The molecule has 27 heavy (non-hydrogen) atoms. The Labute approximate surface area is 177 Å². The van der Waals surface area contributed by atoms with Gasteiger partial charge in [0.1, 0.15) is 5.60 Å². The molecule has 0 saturated heterocycles. The summed E-state index contributed by atoms with van der Waals surface area (Å²) in [6.07, 6.45) is 5.98. The van der Waals surface area contributed by atoms with Crippen LogP contribution >= 0.6 is 46.4 Å². The van der Waals surface area contributed by atoms with Crippen molar-refractivity contribution in [1.82, 2.24) is 9.55 Å². The van der Waals surface area contributed by atoms with Crippen LogP contribution in [0, 0.1) is 5.92 Å². The van der Waals surface area contributed by atoms with Crippen molar-refractivity contribution in [2.75, 3.05) is 0 Å². The molecule has 1 aromatic heterocycles. The third-order valence-electron chi connectivity index (χ3n) is 5.15. The summed E-state index contributed by atoms with van der Waals surface area (Å²) in [7, 11) is 0. The lowest BCUT2D eigenvalue weighted by Crippen LogP contribution is -2.34. The van der Waals surface area contributed by atoms with Crippen LogP contribution < -0.4 is 0 Å². The minimum Gasteiger partial charge on any atom is -0.383 e. The summed E-state index contributed by atoms with van der Waals surface area (Å²) in [6, 6.07) is 10.7. The lowest BCUT2D eigenvalue weighted by atomic mass is 9.86. The van der Waals surface area contributed by atoms with E-state index in [4.69, 9.17) is 46.4 Å². The first-order chi connectivity index (χ1) is 12.9. The van der Waals surface area contributed by atoms with Crippen LogP contribution in [0.4, 0.5) is 0 Å². The van der Waals surface area contributed by atoms with Crippen LogP contribution in [0.25, 0.3) is 0 Å². The van der Waals surface area contributed by atoms with Gasteiger partial charge >= 0.3 is 0 Å². The first-order valence-electron chi connectivity index (χ1n) is 8.47. The lowest BCUT2D eigenvalue weighted by molar-refractivity contribution is -0.00641. The Morgan fingerprint density at radius 1 is 1.04 bits per heavy atom. The number of rotatable bonds is 5. The average molecular weight is 442 g/mol. The molecule has 0 unspecified atom stereocenters. The van der Waals surface area contributed by atoms with Gasteiger partial charge < -0.3 is 9.67 Å². The first-order valence-corrected chi connectivity index (χ1v) is 9.98. The SMILES string of the molecule is O[C@@](Cn1ccnc1)(c1ccc(Cl)cc1Cl)[C@@H]1C[C@H]1c1ccc(Cl)cc1Cl. The summed E-state index contributed by atoms with van der Waals surface area (Å²) in [5, 5.41) is 14.0. The fourth-order valence-corrected chi connectivity index (χ4v) is 4.89. The first kappa shape index (κ1) is 19.1. The molecule has 0 radical (unpaired) electrons. The van der Waals surface area contributed by atoms with Crippen LogP contribution in [0.2, 0.25) is 20.1 Å². The van der Waals surface area contributed by atoms with Gasteiger partial charge in [0.05, 0.1) is 12.9 Å². The molecule has 1 fully saturated rings. The molecule has 1 aliphatic carbocycles. The molecule has 0 aliphatic heterocycles. The summed E-state index contributed by atoms with van der Waals surface area (Å²) in [4.78, 5) is 4.08. The molecule has 0 spiro atoms. The van der Waals surface area contributed by atoms with E-state index in [1.54, 1.807) is 36.8 Å². The Balaban J connectivity index is 1.73. The second-order valence-electron chi connectivity index (χ2n) is 6.90. The summed E-state index contributed by atoms with van der Waals surface area (Å²) in [5.74, 6) is 0.0762. The maximum Gasteiger partial charge on any atom is 0.112 e. The third-order valence-corrected chi connectivity index (χ3v) is 6.26. The van der Waals surface area contributed by atoms with Gasteiger partial charge in [-0.3, -0.25) is 0 Å². The van der Waals surface area contributed by atoms with Gasteiger partial charge in [0, 0.05) is 44.0 Å². The molecule has 0 amide bonds. The van der Waals surface area contributed by atoms with E-state index in [2.05, 4.69) is 4.98 Å². The smallest absolute Gasteiger partial charge is 0.112 e. The molecule has 3 nitrogen and oxygen atoms in total. The monoisotopic (exact) mass is 440 g/mol. The lowest BCUT2D eigenvalue weighted by Gasteiger charge is -2.31. The number of benzene rings is 2. The standard InChI is InChI=1S/C20H16Cl4N2O/c21-12-1-3-14(18(23)7-12)15-9-17(15)20(27,10-26-6-5-25-11-26)16-4-2-13(22)8-19(16)24/h1-8,11,15,17,27H,9-10H2/t15-,17+,20-/m0/s1. The van der Waals surface area contributed by atoms with Crippen LogP contribution in [0.1, 0.15) is 23.5 Å². The molecule has 1 saturated carbocycles. The summed E-state index contributed by atoms with van der Waals surface area (Å²) >= 11 is 24.9. The van der Waals surface area contributed by atoms with Gasteiger partial charge in [-0.2, -0.15) is 0 Å². The molecular weight excluding hydrogens is 426 g/mol. The van der Waals surface area contributed by atoms with Gasteiger partial charge in [0.15, 0.2) is 0 Å². The highest BCUT2D eigenvalue weighted by Crippen LogP contribution is 2.59. The summed E-state index contributed by atoms with van der Waals surface area (Å²) in [5.41, 5.74) is 0.454. The molecule has 2 aromatic carbocycles. The van der Waals surface area contributed by atoms with E-state index in [0.717, 1.165) is 12.0 Å². The van der Waals surface area contributed by atoms with Crippen LogP contribution in [0.3, 0.4) is 0 Å². The minimum atomic E-state index is -1.18. The Bertz CT molecular complexity index is 976. The fraction of sp³-hybridized carbons (Fsp3) is 0.250. The molecule has 7 heteroatoms.